The molecule has 0 aliphatic heterocycles. The fourth-order valence-corrected chi connectivity index (χ4v) is 5.75. The molecule has 3 nitrogen and oxygen atoms in total. The van der Waals surface area contributed by atoms with Crippen molar-refractivity contribution in [3.63, 3.8) is 0 Å². The molecule has 21 heavy (non-hydrogen) atoms. The van der Waals surface area contributed by atoms with Gasteiger partial charge < -0.3 is 14.8 Å². The molecule has 4 heteroatoms. The Balaban J connectivity index is 1.76. The SMILES string of the molecule is COc1cc(B(O)O)ccc1C12CC3CC(CC(C3)C1)C2. The molecule has 4 aliphatic rings. The minimum atomic E-state index is -1.43. The fraction of sp³-hybridized carbons (Fsp3) is 0.647. The van der Waals surface area contributed by atoms with Crippen molar-refractivity contribution >= 4 is 12.6 Å². The summed E-state index contributed by atoms with van der Waals surface area (Å²) in [5, 5.41) is 18.7. The standard InChI is InChI=1S/C17H23BO3/c1-21-16-7-14(18(19)20)2-3-15(16)17-8-11-4-12(9-17)6-13(5-11)10-17/h2-3,7,11-13,19-20H,4-6,8-10H2,1H3. The molecule has 112 valence electrons. The summed E-state index contributed by atoms with van der Waals surface area (Å²) in [6.45, 7) is 0. The smallest absolute Gasteiger partial charge is 0.488 e. The first-order valence-electron chi connectivity index (χ1n) is 8.14. The summed E-state index contributed by atoms with van der Waals surface area (Å²) in [6.07, 6.45) is 8.14. The second-order valence-electron chi connectivity index (χ2n) is 7.53. The Morgan fingerprint density at radius 2 is 1.62 bits per heavy atom. The summed E-state index contributed by atoms with van der Waals surface area (Å²) in [5.41, 5.74) is 2.09. The lowest BCUT2D eigenvalue weighted by molar-refractivity contribution is -0.00614. The molecule has 0 spiro atoms. The van der Waals surface area contributed by atoms with E-state index in [0.717, 1.165) is 23.5 Å². The van der Waals surface area contributed by atoms with Crippen LogP contribution in [0, 0.1) is 17.8 Å². The molecular weight excluding hydrogens is 263 g/mol. The van der Waals surface area contributed by atoms with Crippen molar-refractivity contribution in [3.05, 3.63) is 23.8 Å². The maximum Gasteiger partial charge on any atom is 0.488 e. The van der Waals surface area contributed by atoms with E-state index in [0.29, 0.717) is 5.46 Å². The van der Waals surface area contributed by atoms with Gasteiger partial charge in [-0.15, -0.1) is 0 Å². The van der Waals surface area contributed by atoms with E-state index in [9.17, 15) is 10.0 Å². The number of hydrogen-bond acceptors (Lipinski definition) is 3. The first kappa shape index (κ1) is 13.7. The molecule has 0 heterocycles. The van der Waals surface area contributed by atoms with Crippen LogP contribution < -0.4 is 10.2 Å². The van der Waals surface area contributed by atoms with Gasteiger partial charge in [-0.1, -0.05) is 12.1 Å². The van der Waals surface area contributed by atoms with Crippen LogP contribution in [0.25, 0.3) is 0 Å². The average Bonchev–Trinajstić information content (AvgIpc) is 2.45. The zero-order valence-electron chi connectivity index (χ0n) is 12.6. The van der Waals surface area contributed by atoms with Gasteiger partial charge in [0.2, 0.25) is 0 Å². The lowest BCUT2D eigenvalue weighted by atomic mass is 9.48. The minimum Gasteiger partial charge on any atom is -0.496 e. The monoisotopic (exact) mass is 286 g/mol. The van der Waals surface area contributed by atoms with Crippen LogP contribution >= 0.6 is 0 Å². The predicted molar refractivity (Wildman–Crippen MR) is 82.7 cm³/mol. The highest BCUT2D eigenvalue weighted by molar-refractivity contribution is 6.58. The topological polar surface area (TPSA) is 49.7 Å². The van der Waals surface area contributed by atoms with E-state index in [1.807, 2.05) is 6.07 Å². The Labute approximate surface area is 126 Å². The van der Waals surface area contributed by atoms with Gasteiger partial charge >= 0.3 is 7.12 Å². The summed E-state index contributed by atoms with van der Waals surface area (Å²) in [5.74, 6) is 3.51. The van der Waals surface area contributed by atoms with Crippen LogP contribution in [0.3, 0.4) is 0 Å². The molecule has 1 aromatic carbocycles. The second-order valence-corrected chi connectivity index (χ2v) is 7.53. The highest BCUT2D eigenvalue weighted by atomic mass is 16.5. The van der Waals surface area contributed by atoms with Gasteiger partial charge in [-0.05, 0) is 73.2 Å². The van der Waals surface area contributed by atoms with Crippen LogP contribution in [-0.2, 0) is 5.41 Å². The molecule has 4 aliphatic carbocycles. The summed E-state index contributed by atoms with van der Waals surface area (Å²) in [6, 6.07) is 5.74. The third-order valence-corrected chi connectivity index (χ3v) is 6.13. The van der Waals surface area contributed by atoms with Gasteiger partial charge in [0.25, 0.3) is 0 Å². The minimum absolute atomic E-state index is 0.277. The molecule has 0 amide bonds. The van der Waals surface area contributed by atoms with E-state index >= 15 is 0 Å². The molecule has 0 radical (unpaired) electrons. The number of ether oxygens (including phenoxy) is 1. The fourth-order valence-electron chi connectivity index (χ4n) is 5.75. The summed E-state index contributed by atoms with van der Waals surface area (Å²) in [7, 11) is 0.261. The first-order chi connectivity index (χ1) is 10.1. The average molecular weight is 286 g/mol. The molecule has 1 aromatic rings. The molecular formula is C17H23BO3. The highest BCUT2D eigenvalue weighted by Gasteiger charge is 2.52. The quantitative estimate of drug-likeness (QED) is 0.834. The molecule has 4 bridgehead atoms. The van der Waals surface area contributed by atoms with Crippen molar-refractivity contribution in [2.45, 2.75) is 43.9 Å². The van der Waals surface area contributed by atoms with E-state index in [2.05, 4.69) is 6.07 Å². The zero-order chi connectivity index (χ0) is 14.6. The largest absolute Gasteiger partial charge is 0.496 e. The van der Waals surface area contributed by atoms with Crippen LogP contribution in [0.15, 0.2) is 18.2 Å². The molecule has 0 saturated heterocycles. The van der Waals surface area contributed by atoms with Crippen molar-refractivity contribution in [3.8, 4) is 5.75 Å². The zero-order valence-corrected chi connectivity index (χ0v) is 12.6. The van der Waals surface area contributed by atoms with E-state index in [1.165, 1.54) is 44.1 Å². The Hall–Kier alpha value is -0.995. The number of hydrogen-bond donors (Lipinski definition) is 2. The maximum atomic E-state index is 9.37. The van der Waals surface area contributed by atoms with Crippen LogP contribution in [0.1, 0.15) is 44.1 Å². The third kappa shape index (κ3) is 2.11. The third-order valence-electron chi connectivity index (χ3n) is 6.13. The Morgan fingerprint density at radius 1 is 1.05 bits per heavy atom. The molecule has 5 rings (SSSR count). The van der Waals surface area contributed by atoms with Gasteiger partial charge in [0.1, 0.15) is 5.75 Å². The van der Waals surface area contributed by atoms with Gasteiger partial charge in [-0.2, -0.15) is 0 Å². The Bertz CT molecular complexity index is 520. The van der Waals surface area contributed by atoms with Crippen molar-refractivity contribution in [1.82, 2.24) is 0 Å². The van der Waals surface area contributed by atoms with Gasteiger partial charge in [-0.25, -0.2) is 0 Å². The molecule has 4 saturated carbocycles. The van der Waals surface area contributed by atoms with Gasteiger partial charge in [0, 0.05) is 5.56 Å². The second kappa shape index (κ2) is 4.75. The Morgan fingerprint density at radius 3 is 2.10 bits per heavy atom. The number of benzene rings is 1. The predicted octanol–water partition coefficient (Wildman–Crippen LogP) is 1.84. The van der Waals surface area contributed by atoms with Crippen molar-refractivity contribution in [1.29, 1.82) is 0 Å². The molecule has 2 N–H and O–H groups in total. The van der Waals surface area contributed by atoms with Gasteiger partial charge in [0.15, 0.2) is 0 Å². The van der Waals surface area contributed by atoms with Crippen LogP contribution in [-0.4, -0.2) is 24.3 Å². The summed E-state index contributed by atoms with van der Waals surface area (Å²) in [4.78, 5) is 0. The highest BCUT2D eigenvalue weighted by Crippen LogP contribution is 2.61. The number of methoxy groups -OCH3 is 1. The number of rotatable bonds is 3. The lowest BCUT2D eigenvalue weighted by Gasteiger charge is -2.57. The summed E-state index contributed by atoms with van der Waals surface area (Å²) < 4.78 is 5.60. The Kier molecular flexibility index (Phi) is 3.09. The summed E-state index contributed by atoms with van der Waals surface area (Å²) >= 11 is 0. The van der Waals surface area contributed by atoms with Crippen molar-refractivity contribution < 1.29 is 14.8 Å². The first-order valence-corrected chi connectivity index (χ1v) is 8.14. The molecule has 0 aromatic heterocycles. The van der Waals surface area contributed by atoms with E-state index in [-0.39, 0.29) is 5.41 Å². The van der Waals surface area contributed by atoms with E-state index in [1.54, 1.807) is 13.2 Å². The van der Waals surface area contributed by atoms with E-state index in [4.69, 9.17) is 4.74 Å². The van der Waals surface area contributed by atoms with Crippen molar-refractivity contribution in [2.24, 2.45) is 17.8 Å². The normalized spacial score (nSPS) is 36.8. The maximum absolute atomic E-state index is 9.37. The van der Waals surface area contributed by atoms with E-state index < -0.39 is 7.12 Å². The van der Waals surface area contributed by atoms with Crippen LogP contribution in [0.4, 0.5) is 0 Å². The van der Waals surface area contributed by atoms with Crippen LogP contribution in [0.2, 0.25) is 0 Å². The van der Waals surface area contributed by atoms with Gasteiger partial charge in [-0.3, -0.25) is 0 Å². The lowest BCUT2D eigenvalue weighted by Crippen LogP contribution is -2.48. The van der Waals surface area contributed by atoms with Gasteiger partial charge in [0.05, 0.1) is 7.11 Å². The van der Waals surface area contributed by atoms with Crippen LogP contribution in [0.5, 0.6) is 5.75 Å². The molecule has 0 atom stereocenters. The molecule has 4 fully saturated rings. The van der Waals surface area contributed by atoms with Crippen molar-refractivity contribution in [2.75, 3.05) is 7.11 Å². The molecule has 0 unspecified atom stereocenters.